The Balaban J connectivity index is 1.44. The van der Waals surface area contributed by atoms with Gasteiger partial charge in [0.05, 0.1) is 23.7 Å². The molecule has 0 spiro atoms. The van der Waals surface area contributed by atoms with E-state index in [1.54, 1.807) is 42.6 Å². The van der Waals surface area contributed by atoms with Gasteiger partial charge in [-0.2, -0.15) is 0 Å². The van der Waals surface area contributed by atoms with Crippen molar-refractivity contribution in [2.75, 3.05) is 10.6 Å². The molecule has 0 aliphatic heterocycles. The van der Waals surface area contributed by atoms with Gasteiger partial charge in [0, 0.05) is 16.6 Å². The van der Waals surface area contributed by atoms with E-state index in [1.807, 2.05) is 30.3 Å². The van der Waals surface area contributed by atoms with E-state index in [1.165, 1.54) is 6.26 Å². The van der Waals surface area contributed by atoms with Gasteiger partial charge in [-0.3, -0.25) is 14.6 Å². The third-order valence-corrected chi connectivity index (χ3v) is 4.00. The molecule has 0 unspecified atom stereocenters. The summed E-state index contributed by atoms with van der Waals surface area (Å²) in [5.41, 5.74) is 2.53. The lowest BCUT2D eigenvalue weighted by Gasteiger charge is -2.07. The highest BCUT2D eigenvalue weighted by Crippen LogP contribution is 2.18. The second kappa shape index (κ2) is 7.13. The summed E-state index contributed by atoms with van der Waals surface area (Å²) in [6, 6.07) is 19.4. The summed E-state index contributed by atoms with van der Waals surface area (Å²) in [6.45, 7) is 0. The van der Waals surface area contributed by atoms with Gasteiger partial charge in [-0.25, -0.2) is 0 Å². The SMILES string of the molecule is O=C(Nc1cnc2ccccc2c1)c1ccc(NC(=O)c2ccco2)cc1. The molecular weight excluding hydrogens is 342 g/mol. The van der Waals surface area contributed by atoms with E-state index in [0.29, 0.717) is 16.9 Å². The molecule has 0 saturated carbocycles. The number of para-hydroxylation sites is 1. The predicted molar refractivity (Wildman–Crippen MR) is 103 cm³/mol. The highest BCUT2D eigenvalue weighted by atomic mass is 16.3. The van der Waals surface area contributed by atoms with Gasteiger partial charge in [0.2, 0.25) is 0 Å². The highest BCUT2D eigenvalue weighted by molar-refractivity contribution is 6.06. The van der Waals surface area contributed by atoms with Crippen molar-refractivity contribution in [2.45, 2.75) is 0 Å². The number of benzene rings is 2. The average Bonchev–Trinajstić information content (AvgIpc) is 3.23. The molecule has 0 saturated heterocycles. The van der Waals surface area contributed by atoms with Crippen LogP contribution < -0.4 is 10.6 Å². The van der Waals surface area contributed by atoms with Crippen LogP contribution in [0.3, 0.4) is 0 Å². The van der Waals surface area contributed by atoms with E-state index in [9.17, 15) is 9.59 Å². The van der Waals surface area contributed by atoms with Crippen LogP contribution in [0, 0.1) is 0 Å². The minimum atomic E-state index is -0.348. The van der Waals surface area contributed by atoms with Crippen LogP contribution in [-0.4, -0.2) is 16.8 Å². The van der Waals surface area contributed by atoms with E-state index >= 15 is 0 Å². The summed E-state index contributed by atoms with van der Waals surface area (Å²) in [5, 5.41) is 6.49. The number of hydrogen-bond donors (Lipinski definition) is 2. The van der Waals surface area contributed by atoms with Gasteiger partial charge >= 0.3 is 0 Å². The fourth-order valence-corrected chi connectivity index (χ4v) is 2.65. The third-order valence-electron chi connectivity index (χ3n) is 4.00. The zero-order chi connectivity index (χ0) is 18.6. The molecule has 0 bridgehead atoms. The number of hydrogen-bond acceptors (Lipinski definition) is 4. The average molecular weight is 357 g/mol. The van der Waals surface area contributed by atoms with Gasteiger partial charge in [0.15, 0.2) is 5.76 Å². The van der Waals surface area contributed by atoms with Gasteiger partial charge in [-0.05, 0) is 48.5 Å². The lowest BCUT2D eigenvalue weighted by atomic mass is 10.1. The standard InChI is InChI=1S/C21H15N3O3/c25-20(24-17-12-15-4-1-2-5-18(15)22-13-17)14-7-9-16(10-8-14)23-21(26)19-6-3-11-27-19/h1-13H,(H,23,26)(H,24,25). The topological polar surface area (TPSA) is 84.2 Å². The number of rotatable bonds is 4. The number of carbonyl (C=O) groups is 2. The van der Waals surface area contributed by atoms with Crippen molar-refractivity contribution >= 4 is 34.1 Å². The molecular formula is C21H15N3O3. The molecule has 2 aromatic heterocycles. The number of nitrogens with one attached hydrogen (secondary N) is 2. The zero-order valence-electron chi connectivity index (χ0n) is 14.2. The molecule has 0 aliphatic rings. The molecule has 132 valence electrons. The number of amides is 2. The first-order valence-corrected chi connectivity index (χ1v) is 8.30. The maximum absolute atomic E-state index is 12.4. The summed E-state index contributed by atoms with van der Waals surface area (Å²) in [7, 11) is 0. The second-order valence-electron chi connectivity index (χ2n) is 5.88. The molecule has 27 heavy (non-hydrogen) atoms. The molecule has 0 atom stereocenters. The zero-order valence-corrected chi connectivity index (χ0v) is 14.2. The van der Waals surface area contributed by atoms with E-state index in [4.69, 9.17) is 4.42 Å². The van der Waals surface area contributed by atoms with Crippen molar-refractivity contribution in [3.63, 3.8) is 0 Å². The summed E-state index contributed by atoms with van der Waals surface area (Å²) >= 11 is 0. The third kappa shape index (κ3) is 3.69. The van der Waals surface area contributed by atoms with Crippen LogP contribution in [0.4, 0.5) is 11.4 Å². The first kappa shape index (κ1) is 16.5. The van der Waals surface area contributed by atoms with Crippen LogP contribution in [-0.2, 0) is 0 Å². The Kier molecular flexibility index (Phi) is 4.37. The molecule has 2 amide bonds. The van der Waals surface area contributed by atoms with Gasteiger partial charge in [0.1, 0.15) is 0 Å². The lowest BCUT2D eigenvalue weighted by Crippen LogP contribution is -2.13. The smallest absolute Gasteiger partial charge is 0.291 e. The van der Waals surface area contributed by atoms with Crippen LogP contribution in [0.5, 0.6) is 0 Å². The number of nitrogens with zero attached hydrogens (tertiary/aromatic N) is 1. The van der Waals surface area contributed by atoms with Gasteiger partial charge in [0.25, 0.3) is 11.8 Å². The van der Waals surface area contributed by atoms with Crippen LogP contribution in [0.15, 0.2) is 83.6 Å². The van der Waals surface area contributed by atoms with Gasteiger partial charge < -0.3 is 15.1 Å². The van der Waals surface area contributed by atoms with E-state index < -0.39 is 0 Å². The van der Waals surface area contributed by atoms with Crippen LogP contribution >= 0.6 is 0 Å². The van der Waals surface area contributed by atoms with Crippen molar-refractivity contribution in [1.29, 1.82) is 0 Å². The monoisotopic (exact) mass is 357 g/mol. The largest absolute Gasteiger partial charge is 0.459 e. The second-order valence-corrected chi connectivity index (χ2v) is 5.88. The van der Waals surface area contributed by atoms with Gasteiger partial charge in [-0.1, -0.05) is 18.2 Å². The normalized spacial score (nSPS) is 10.5. The number of anilines is 2. The molecule has 0 fully saturated rings. The van der Waals surface area contributed by atoms with E-state index in [-0.39, 0.29) is 17.6 Å². The van der Waals surface area contributed by atoms with E-state index in [0.717, 1.165) is 10.9 Å². The Morgan fingerprint density at radius 1 is 0.815 bits per heavy atom. The first-order valence-electron chi connectivity index (χ1n) is 8.30. The van der Waals surface area contributed by atoms with Gasteiger partial charge in [-0.15, -0.1) is 0 Å². The molecule has 4 aromatic rings. The van der Waals surface area contributed by atoms with Crippen LogP contribution in [0.1, 0.15) is 20.9 Å². The summed E-state index contributed by atoms with van der Waals surface area (Å²) in [6.07, 6.45) is 3.06. The summed E-state index contributed by atoms with van der Waals surface area (Å²) in [5.74, 6) is -0.379. The van der Waals surface area contributed by atoms with E-state index in [2.05, 4.69) is 15.6 Å². The molecule has 2 N–H and O–H groups in total. The summed E-state index contributed by atoms with van der Waals surface area (Å²) in [4.78, 5) is 28.7. The number of aromatic nitrogens is 1. The quantitative estimate of drug-likeness (QED) is 0.569. The molecule has 6 heteroatoms. The highest BCUT2D eigenvalue weighted by Gasteiger charge is 2.10. The number of carbonyl (C=O) groups excluding carboxylic acids is 2. The Labute approximate surface area is 154 Å². The Bertz CT molecular complexity index is 1100. The Morgan fingerprint density at radius 2 is 1.59 bits per heavy atom. The molecule has 0 aliphatic carbocycles. The van der Waals surface area contributed by atoms with Crippen molar-refractivity contribution in [3.8, 4) is 0 Å². The molecule has 2 heterocycles. The summed E-state index contributed by atoms with van der Waals surface area (Å²) < 4.78 is 5.04. The van der Waals surface area contributed by atoms with Crippen molar-refractivity contribution < 1.29 is 14.0 Å². The maximum Gasteiger partial charge on any atom is 0.291 e. The minimum Gasteiger partial charge on any atom is -0.459 e. The van der Waals surface area contributed by atoms with Crippen molar-refractivity contribution in [1.82, 2.24) is 4.98 Å². The molecule has 0 radical (unpaired) electrons. The molecule has 4 rings (SSSR count). The predicted octanol–water partition coefficient (Wildman–Crippen LogP) is 4.33. The fraction of sp³-hybridized carbons (Fsp3) is 0. The molecule has 6 nitrogen and oxygen atoms in total. The molecule has 2 aromatic carbocycles. The maximum atomic E-state index is 12.4. The number of fused-ring (bicyclic) bond motifs is 1. The lowest BCUT2D eigenvalue weighted by molar-refractivity contribution is 0.0995. The van der Waals surface area contributed by atoms with Crippen LogP contribution in [0.25, 0.3) is 10.9 Å². The van der Waals surface area contributed by atoms with Crippen LogP contribution in [0.2, 0.25) is 0 Å². The number of pyridine rings is 1. The Morgan fingerprint density at radius 3 is 2.37 bits per heavy atom. The number of furan rings is 1. The minimum absolute atomic E-state index is 0.223. The first-order chi connectivity index (χ1) is 13.2. The Hall–Kier alpha value is -3.93. The van der Waals surface area contributed by atoms with Crippen molar-refractivity contribution in [3.05, 3.63) is 90.5 Å². The van der Waals surface area contributed by atoms with Crippen molar-refractivity contribution in [2.24, 2.45) is 0 Å². The fourth-order valence-electron chi connectivity index (χ4n) is 2.65.